The first kappa shape index (κ1) is 21.3. The minimum Gasteiger partial charge on any atom is -0.394 e. The second-order valence-electron chi connectivity index (χ2n) is 7.90. The first-order chi connectivity index (χ1) is 15.4. The summed E-state index contributed by atoms with van der Waals surface area (Å²) in [5.74, 6) is 0.542. The zero-order chi connectivity index (χ0) is 22.8. The van der Waals surface area contributed by atoms with Crippen LogP contribution in [-0.4, -0.2) is 39.7 Å². The van der Waals surface area contributed by atoms with E-state index in [1.165, 1.54) is 0 Å². The molecule has 0 aliphatic carbocycles. The number of hydrogen-bond donors (Lipinski definition) is 3. The van der Waals surface area contributed by atoms with Crippen molar-refractivity contribution in [2.75, 3.05) is 23.0 Å². The van der Waals surface area contributed by atoms with Crippen molar-refractivity contribution in [2.45, 2.75) is 20.4 Å². The lowest BCUT2D eigenvalue weighted by molar-refractivity contribution is 0.269. The Labute approximate surface area is 187 Å². The lowest BCUT2D eigenvalue weighted by atomic mass is 10.1. The summed E-state index contributed by atoms with van der Waals surface area (Å²) in [6, 6.07) is 15.5. The number of aliphatic hydroxyl groups excluding tert-OH is 1. The minimum atomic E-state index is -0.117. The zero-order valence-corrected chi connectivity index (χ0v) is 18.1. The molecule has 0 saturated carbocycles. The highest BCUT2D eigenvalue weighted by Gasteiger charge is 2.31. The van der Waals surface area contributed by atoms with E-state index >= 15 is 0 Å². The number of hydrogen-bond acceptors (Lipinski definition) is 6. The maximum absolute atomic E-state index is 9.18. The first-order valence-electron chi connectivity index (χ1n) is 10.4. The van der Waals surface area contributed by atoms with Gasteiger partial charge in [-0.1, -0.05) is 13.0 Å². The summed E-state index contributed by atoms with van der Waals surface area (Å²) in [6.07, 6.45) is 3.66. The van der Waals surface area contributed by atoms with Crippen LogP contribution in [0, 0.1) is 28.1 Å². The van der Waals surface area contributed by atoms with Crippen LogP contribution in [0.5, 0.6) is 0 Å². The second-order valence-corrected chi connectivity index (χ2v) is 7.90. The van der Waals surface area contributed by atoms with Gasteiger partial charge in [-0.15, -0.1) is 0 Å². The monoisotopic (exact) mass is 427 g/mol. The zero-order valence-electron chi connectivity index (χ0n) is 18.1. The molecule has 3 N–H and O–H groups in total. The molecule has 2 heterocycles. The van der Waals surface area contributed by atoms with E-state index in [4.69, 9.17) is 10.8 Å². The highest BCUT2D eigenvalue weighted by Crippen LogP contribution is 2.41. The van der Waals surface area contributed by atoms with E-state index in [1.54, 1.807) is 34.8 Å². The summed E-state index contributed by atoms with van der Waals surface area (Å²) in [4.78, 5) is 3.82. The molecule has 32 heavy (non-hydrogen) atoms. The Kier molecular flexibility index (Phi) is 5.75. The van der Waals surface area contributed by atoms with Gasteiger partial charge in [0.05, 0.1) is 42.4 Å². The smallest absolute Gasteiger partial charge is 0.111 e. The fourth-order valence-corrected chi connectivity index (χ4v) is 3.98. The van der Waals surface area contributed by atoms with Gasteiger partial charge in [-0.25, -0.2) is 0 Å². The predicted molar refractivity (Wildman–Crippen MR) is 126 cm³/mol. The van der Waals surface area contributed by atoms with Crippen molar-refractivity contribution in [3.63, 3.8) is 0 Å². The SMILES string of the molecule is CC(=N)N1C(=N)[C@H](C)CN(c2ccc(C#N)cc2)c2cc(-c3cnn(CCO)c3)ccc21. The van der Waals surface area contributed by atoms with Crippen molar-refractivity contribution in [3.05, 3.63) is 60.4 Å². The molecule has 3 aromatic rings. The second kappa shape index (κ2) is 8.65. The number of aromatic nitrogens is 2. The fourth-order valence-electron chi connectivity index (χ4n) is 3.98. The summed E-state index contributed by atoms with van der Waals surface area (Å²) in [7, 11) is 0. The molecular weight excluding hydrogens is 402 g/mol. The van der Waals surface area contributed by atoms with Crippen LogP contribution in [0.1, 0.15) is 19.4 Å². The average molecular weight is 428 g/mol. The van der Waals surface area contributed by atoms with Gasteiger partial charge >= 0.3 is 0 Å². The molecule has 0 spiro atoms. The van der Waals surface area contributed by atoms with Gasteiger partial charge in [0.1, 0.15) is 11.7 Å². The number of benzene rings is 2. The number of rotatable bonds is 4. The summed E-state index contributed by atoms with van der Waals surface area (Å²) in [5, 5.41) is 39.7. The molecule has 4 rings (SSSR count). The maximum atomic E-state index is 9.18. The Bertz CT molecular complexity index is 1210. The van der Waals surface area contributed by atoms with Crippen LogP contribution < -0.4 is 9.80 Å². The molecule has 8 nitrogen and oxygen atoms in total. The van der Waals surface area contributed by atoms with E-state index in [-0.39, 0.29) is 18.4 Å². The van der Waals surface area contributed by atoms with Gasteiger partial charge < -0.3 is 10.0 Å². The molecule has 1 aliphatic rings. The lowest BCUT2D eigenvalue weighted by Crippen LogP contribution is -2.38. The molecule has 0 amide bonds. The Hall–Kier alpha value is -3.96. The molecule has 1 aromatic heterocycles. The largest absolute Gasteiger partial charge is 0.394 e. The number of anilines is 3. The molecule has 1 atom stereocenters. The maximum Gasteiger partial charge on any atom is 0.111 e. The van der Waals surface area contributed by atoms with Crippen LogP contribution in [0.25, 0.3) is 11.1 Å². The molecule has 2 aromatic carbocycles. The summed E-state index contributed by atoms with van der Waals surface area (Å²) < 4.78 is 1.70. The quantitative estimate of drug-likeness (QED) is 0.430. The third-order valence-electron chi connectivity index (χ3n) is 5.61. The number of nitriles is 1. The third kappa shape index (κ3) is 3.86. The van der Waals surface area contributed by atoms with Crippen LogP contribution in [-0.2, 0) is 6.54 Å². The molecule has 0 saturated heterocycles. The van der Waals surface area contributed by atoms with Crippen molar-refractivity contribution in [1.82, 2.24) is 9.78 Å². The summed E-state index contributed by atoms with van der Waals surface area (Å²) in [6.45, 7) is 4.69. The van der Waals surface area contributed by atoms with Gasteiger partial charge in [-0.2, -0.15) is 10.4 Å². The van der Waals surface area contributed by atoms with Gasteiger partial charge in [0.25, 0.3) is 0 Å². The first-order valence-corrected chi connectivity index (χ1v) is 10.4. The van der Waals surface area contributed by atoms with Crippen molar-refractivity contribution in [1.29, 1.82) is 16.1 Å². The molecule has 1 aliphatic heterocycles. The van der Waals surface area contributed by atoms with Crippen molar-refractivity contribution in [3.8, 4) is 17.2 Å². The highest BCUT2D eigenvalue weighted by atomic mass is 16.3. The molecule has 8 heteroatoms. The number of amidine groups is 2. The third-order valence-corrected chi connectivity index (χ3v) is 5.61. The number of aliphatic hydroxyl groups is 1. The van der Waals surface area contributed by atoms with E-state index < -0.39 is 0 Å². The van der Waals surface area contributed by atoms with Gasteiger partial charge in [-0.3, -0.25) is 20.4 Å². The van der Waals surface area contributed by atoms with Crippen molar-refractivity contribution < 1.29 is 5.11 Å². The lowest BCUT2D eigenvalue weighted by Gasteiger charge is -2.27. The molecule has 0 bridgehead atoms. The number of nitrogens with zero attached hydrogens (tertiary/aromatic N) is 5. The van der Waals surface area contributed by atoms with Crippen LogP contribution >= 0.6 is 0 Å². The van der Waals surface area contributed by atoms with Crippen LogP contribution in [0.15, 0.2) is 54.9 Å². The van der Waals surface area contributed by atoms with Crippen LogP contribution in [0.2, 0.25) is 0 Å². The predicted octanol–water partition coefficient (Wildman–Crippen LogP) is 3.98. The topological polar surface area (TPSA) is 116 Å². The molecule has 0 unspecified atom stereocenters. The molecule has 0 radical (unpaired) electrons. The summed E-state index contributed by atoms with van der Waals surface area (Å²) in [5.41, 5.74) is 5.03. The van der Waals surface area contributed by atoms with Gasteiger partial charge in [-0.05, 0) is 48.9 Å². The van der Waals surface area contributed by atoms with E-state index in [9.17, 15) is 10.4 Å². The Balaban J connectivity index is 1.88. The van der Waals surface area contributed by atoms with Crippen molar-refractivity contribution >= 4 is 28.7 Å². The Morgan fingerprint density at radius 2 is 1.94 bits per heavy atom. The summed E-state index contributed by atoms with van der Waals surface area (Å²) >= 11 is 0. The minimum absolute atomic E-state index is 0.0192. The fraction of sp³-hybridized carbons (Fsp3) is 0.250. The number of fused-ring (bicyclic) bond motifs is 1. The highest BCUT2D eigenvalue weighted by molar-refractivity contribution is 6.19. The molecule has 162 valence electrons. The van der Waals surface area contributed by atoms with E-state index in [2.05, 4.69) is 22.1 Å². The molecular formula is C24H25N7O. The average Bonchev–Trinajstić information content (AvgIpc) is 3.22. The Morgan fingerprint density at radius 1 is 1.19 bits per heavy atom. The van der Waals surface area contributed by atoms with Gasteiger partial charge in [0.2, 0.25) is 0 Å². The van der Waals surface area contributed by atoms with E-state index in [0.29, 0.717) is 24.5 Å². The van der Waals surface area contributed by atoms with Gasteiger partial charge in [0, 0.05) is 29.9 Å². The number of nitrogens with one attached hydrogen (secondary N) is 2. The normalized spacial score (nSPS) is 15.8. The van der Waals surface area contributed by atoms with Crippen LogP contribution in [0.4, 0.5) is 17.1 Å². The van der Waals surface area contributed by atoms with E-state index in [0.717, 1.165) is 28.2 Å². The van der Waals surface area contributed by atoms with Gasteiger partial charge in [0.15, 0.2) is 0 Å². The molecule has 0 fully saturated rings. The van der Waals surface area contributed by atoms with Crippen LogP contribution in [0.3, 0.4) is 0 Å². The van der Waals surface area contributed by atoms with Crippen molar-refractivity contribution in [2.24, 2.45) is 5.92 Å². The van der Waals surface area contributed by atoms with E-state index in [1.807, 2.05) is 37.4 Å². The Morgan fingerprint density at radius 3 is 2.59 bits per heavy atom. The standard InChI is InChI=1S/C24H25N7O/c1-16-14-30(21-6-3-18(12-25)4-7-21)23-11-19(20-13-28-29(15-20)9-10-32)5-8-22(23)31(17(2)26)24(16)27/h3-8,11,13,15-16,26-27,32H,9-10,14H2,1-2H3/t16-/m1/s1.